The van der Waals surface area contributed by atoms with E-state index in [1.807, 2.05) is 0 Å². The molecule has 0 aromatic heterocycles. The molecule has 0 fully saturated rings. The number of ether oxygens (including phenoxy) is 1. The first-order chi connectivity index (χ1) is 9.51. The lowest BCUT2D eigenvalue weighted by molar-refractivity contribution is -0.385. The fourth-order valence-electron chi connectivity index (χ4n) is 1.86. The van der Waals surface area contributed by atoms with Gasteiger partial charge in [-0.15, -0.1) is 0 Å². The molecule has 2 rings (SSSR count). The maximum absolute atomic E-state index is 10.9. The fourth-order valence-corrected chi connectivity index (χ4v) is 1.86. The summed E-state index contributed by atoms with van der Waals surface area (Å²) in [5.74, 6) is 1.06. The van der Waals surface area contributed by atoms with Gasteiger partial charge in [-0.2, -0.15) is 0 Å². The van der Waals surface area contributed by atoms with Gasteiger partial charge in [0.15, 0.2) is 0 Å². The number of carbonyl (C=O) groups excluding carboxylic acids is 1. The lowest BCUT2D eigenvalue weighted by Crippen LogP contribution is -1.95. The molecule has 0 N–H and O–H groups in total. The van der Waals surface area contributed by atoms with Gasteiger partial charge in [0.25, 0.3) is 5.69 Å². The van der Waals surface area contributed by atoms with Crippen molar-refractivity contribution in [2.24, 2.45) is 0 Å². The van der Waals surface area contributed by atoms with Gasteiger partial charge >= 0.3 is 0 Å². The van der Waals surface area contributed by atoms with Crippen molar-refractivity contribution in [3.8, 4) is 11.5 Å². The Balaban J connectivity index is 2.36. The normalized spacial score (nSPS) is 10.1. The van der Waals surface area contributed by atoms with Crippen LogP contribution in [0.5, 0.6) is 11.5 Å². The molecule has 0 bridgehead atoms. The number of aldehydes is 1. The molecule has 20 heavy (non-hydrogen) atoms. The van der Waals surface area contributed by atoms with Crippen molar-refractivity contribution < 1.29 is 14.5 Å². The van der Waals surface area contributed by atoms with Crippen LogP contribution in [0.15, 0.2) is 36.4 Å². The number of rotatable bonds is 4. The molecule has 0 heterocycles. The van der Waals surface area contributed by atoms with Crippen molar-refractivity contribution in [2.45, 2.75) is 13.8 Å². The van der Waals surface area contributed by atoms with Crippen LogP contribution in [0.25, 0.3) is 0 Å². The Bertz CT molecular complexity index is 680. The highest BCUT2D eigenvalue weighted by Gasteiger charge is 2.14. The van der Waals surface area contributed by atoms with Crippen molar-refractivity contribution in [1.29, 1.82) is 0 Å². The molecule has 102 valence electrons. The summed E-state index contributed by atoms with van der Waals surface area (Å²) in [7, 11) is 0. The summed E-state index contributed by atoms with van der Waals surface area (Å²) in [5, 5.41) is 10.9. The van der Waals surface area contributed by atoms with Crippen LogP contribution in [0.2, 0.25) is 0 Å². The molecule has 2 aromatic rings. The van der Waals surface area contributed by atoms with Crippen LogP contribution in [-0.2, 0) is 0 Å². The van der Waals surface area contributed by atoms with Gasteiger partial charge in [0.05, 0.1) is 4.92 Å². The van der Waals surface area contributed by atoms with Crippen molar-refractivity contribution in [3.63, 3.8) is 0 Å². The second-order valence-electron chi connectivity index (χ2n) is 4.45. The molecular formula is C15H13NO4. The van der Waals surface area contributed by atoms with Crippen LogP contribution in [0.4, 0.5) is 5.69 Å². The van der Waals surface area contributed by atoms with Crippen LogP contribution < -0.4 is 4.74 Å². The molecule has 2 aromatic carbocycles. The van der Waals surface area contributed by atoms with Crippen molar-refractivity contribution >= 4 is 12.0 Å². The zero-order valence-corrected chi connectivity index (χ0v) is 11.1. The summed E-state index contributed by atoms with van der Waals surface area (Å²) < 4.78 is 5.69. The zero-order valence-electron chi connectivity index (χ0n) is 11.1. The monoisotopic (exact) mass is 271 g/mol. The Morgan fingerprint density at radius 2 is 1.90 bits per heavy atom. The minimum atomic E-state index is -0.418. The number of hydrogen-bond donors (Lipinski definition) is 0. The average Bonchev–Trinajstić information content (AvgIpc) is 2.42. The van der Waals surface area contributed by atoms with Crippen LogP contribution >= 0.6 is 0 Å². The Morgan fingerprint density at radius 1 is 1.15 bits per heavy atom. The summed E-state index contributed by atoms with van der Waals surface area (Å²) in [4.78, 5) is 21.2. The van der Waals surface area contributed by atoms with Gasteiger partial charge in [-0.25, -0.2) is 0 Å². The van der Waals surface area contributed by atoms with E-state index in [2.05, 4.69) is 0 Å². The van der Waals surface area contributed by atoms with E-state index in [1.54, 1.807) is 44.2 Å². The molecule has 0 aliphatic carbocycles. The number of nitro benzene ring substituents is 1. The number of aryl methyl sites for hydroxylation is 2. The summed E-state index contributed by atoms with van der Waals surface area (Å²) in [5.41, 5.74) is 1.77. The van der Waals surface area contributed by atoms with Gasteiger partial charge in [0.1, 0.15) is 17.8 Å². The number of benzene rings is 2. The summed E-state index contributed by atoms with van der Waals surface area (Å²) in [6.45, 7) is 3.40. The van der Waals surface area contributed by atoms with E-state index in [0.717, 1.165) is 6.29 Å². The van der Waals surface area contributed by atoms with E-state index >= 15 is 0 Å². The molecule has 0 radical (unpaired) electrons. The summed E-state index contributed by atoms with van der Waals surface area (Å²) in [6, 6.07) is 9.84. The minimum Gasteiger partial charge on any atom is -0.457 e. The molecule has 0 saturated carbocycles. The van der Waals surface area contributed by atoms with Gasteiger partial charge in [0, 0.05) is 17.2 Å². The van der Waals surface area contributed by atoms with Crippen molar-refractivity contribution in [3.05, 3.63) is 63.2 Å². The van der Waals surface area contributed by atoms with E-state index in [1.165, 1.54) is 6.07 Å². The van der Waals surface area contributed by atoms with E-state index in [4.69, 9.17) is 4.74 Å². The number of nitrogens with zero attached hydrogens (tertiary/aromatic N) is 1. The maximum Gasteiger partial charge on any atom is 0.272 e. The topological polar surface area (TPSA) is 69.4 Å². The molecule has 0 amide bonds. The standard InChI is InChI=1S/C15H13NO4/c1-10-7-15(11(2)6-14(10)16(18)19)20-13-5-3-4-12(8-13)9-17/h3-9H,1-2H3. The smallest absolute Gasteiger partial charge is 0.272 e. The van der Waals surface area contributed by atoms with E-state index in [0.29, 0.717) is 28.2 Å². The molecule has 5 heteroatoms. The maximum atomic E-state index is 10.9. The zero-order chi connectivity index (χ0) is 14.7. The molecule has 0 atom stereocenters. The minimum absolute atomic E-state index is 0.0662. The Labute approximate surface area is 116 Å². The first-order valence-electron chi connectivity index (χ1n) is 6.00. The molecule has 0 aliphatic heterocycles. The first kappa shape index (κ1) is 13.7. The Kier molecular flexibility index (Phi) is 3.79. The predicted octanol–water partition coefficient (Wildman–Crippen LogP) is 3.82. The fraction of sp³-hybridized carbons (Fsp3) is 0.133. The molecule has 5 nitrogen and oxygen atoms in total. The van der Waals surface area contributed by atoms with Crippen LogP contribution in [-0.4, -0.2) is 11.2 Å². The first-order valence-corrected chi connectivity index (χ1v) is 6.00. The van der Waals surface area contributed by atoms with Crippen LogP contribution in [0.1, 0.15) is 21.5 Å². The van der Waals surface area contributed by atoms with Crippen LogP contribution in [0, 0.1) is 24.0 Å². The highest BCUT2D eigenvalue weighted by atomic mass is 16.6. The third kappa shape index (κ3) is 2.83. The highest BCUT2D eigenvalue weighted by Crippen LogP contribution is 2.31. The summed E-state index contributed by atoms with van der Waals surface area (Å²) in [6.07, 6.45) is 0.737. The SMILES string of the molecule is Cc1cc([N+](=O)[O-])c(C)cc1Oc1cccc(C=O)c1. The van der Waals surface area contributed by atoms with Gasteiger partial charge in [-0.3, -0.25) is 14.9 Å². The third-order valence-corrected chi connectivity index (χ3v) is 2.91. The predicted molar refractivity (Wildman–Crippen MR) is 74.5 cm³/mol. The van der Waals surface area contributed by atoms with Gasteiger partial charge in [-0.1, -0.05) is 12.1 Å². The highest BCUT2D eigenvalue weighted by molar-refractivity contribution is 5.75. The third-order valence-electron chi connectivity index (χ3n) is 2.91. The Morgan fingerprint density at radius 3 is 2.55 bits per heavy atom. The van der Waals surface area contributed by atoms with E-state index in [-0.39, 0.29) is 5.69 Å². The quantitative estimate of drug-likeness (QED) is 0.481. The average molecular weight is 271 g/mol. The Hall–Kier alpha value is -2.69. The second kappa shape index (κ2) is 5.52. The van der Waals surface area contributed by atoms with E-state index < -0.39 is 4.92 Å². The number of nitro groups is 1. The molecular weight excluding hydrogens is 258 g/mol. The molecule has 0 saturated heterocycles. The number of hydrogen-bond acceptors (Lipinski definition) is 4. The largest absolute Gasteiger partial charge is 0.457 e. The van der Waals surface area contributed by atoms with Gasteiger partial charge in [0.2, 0.25) is 0 Å². The van der Waals surface area contributed by atoms with Crippen molar-refractivity contribution in [2.75, 3.05) is 0 Å². The lowest BCUT2D eigenvalue weighted by atomic mass is 10.1. The van der Waals surface area contributed by atoms with Gasteiger partial charge < -0.3 is 4.74 Å². The van der Waals surface area contributed by atoms with E-state index in [9.17, 15) is 14.9 Å². The van der Waals surface area contributed by atoms with Crippen molar-refractivity contribution in [1.82, 2.24) is 0 Å². The number of carbonyl (C=O) groups is 1. The van der Waals surface area contributed by atoms with Gasteiger partial charge in [-0.05, 0) is 37.6 Å². The molecule has 0 aliphatic rings. The summed E-state index contributed by atoms with van der Waals surface area (Å²) >= 11 is 0. The lowest BCUT2D eigenvalue weighted by Gasteiger charge is -2.10. The molecule has 0 unspecified atom stereocenters. The second-order valence-corrected chi connectivity index (χ2v) is 4.45. The van der Waals surface area contributed by atoms with Crippen LogP contribution in [0.3, 0.4) is 0 Å². The molecule has 0 spiro atoms.